The fourth-order valence-corrected chi connectivity index (χ4v) is 4.31. The van der Waals surface area contributed by atoms with Crippen molar-refractivity contribution in [2.45, 2.75) is 11.8 Å². The van der Waals surface area contributed by atoms with Gasteiger partial charge in [0.15, 0.2) is 0 Å². The molecule has 0 saturated carbocycles. The summed E-state index contributed by atoms with van der Waals surface area (Å²) in [4.78, 5) is 12.8. The molecule has 1 aliphatic heterocycles. The second kappa shape index (κ2) is 7.63. The molecular formula is C18H21N3O5S. The minimum Gasteiger partial charge on any atom is -0.450 e. The fraction of sp³-hybridized carbons (Fsp3) is 0.333. The lowest BCUT2D eigenvalue weighted by Crippen LogP contribution is -2.47. The van der Waals surface area contributed by atoms with Crippen molar-refractivity contribution in [3.05, 3.63) is 58.1 Å². The van der Waals surface area contributed by atoms with E-state index < -0.39 is 14.9 Å². The molecule has 3 rings (SSSR count). The van der Waals surface area contributed by atoms with Gasteiger partial charge in [-0.3, -0.25) is 10.1 Å². The Balaban J connectivity index is 1.92. The summed E-state index contributed by atoms with van der Waals surface area (Å²) in [6, 6.07) is 10.9. The maximum absolute atomic E-state index is 12.8. The molecule has 144 valence electrons. The zero-order valence-corrected chi connectivity index (χ0v) is 16.0. The van der Waals surface area contributed by atoms with Crippen LogP contribution < -0.4 is 4.74 Å². The van der Waals surface area contributed by atoms with Crippen LogP contribution in [-0.2, 0) is 10.0 Å². The van der Waals surface area contributed by atoms with Gasteiger partial charge in [-0.05, 0) is 43.8 Å². The van der Waals surface area contributed by atoms with Crippen LogP contribution in [0.3, 0.4) is 0 Å². The molecule has 1 heterocycles. The average Bonchev–Trinajstić information content (AvgIpc) is 2.62. The third-order valence-electron chi connectivity index (χ3n) is 4.44. The molecule has 9 heteroatoms. The average molecular weight is 391 g/mol. The Morgan fingerprint density at radius 1 is 1.07 bits per heavy atom. The number of hydrogen-bond acceptors (Lipinski definition) is 6. The van der Waals surface area contributed by atoms with Crippen LogP contribution in [0.15, 0.2) is 47.4 Å². The number of sulfonamides is 1. The summed E-state index contributed by atoms with van der Waals surface area (Å²) in [5, 5.41) is 11.5. The van der Waals surface area contributed by atoms with Gasteiger partial charge in [0.2, 0.25) is 15.8 Å². The van der Waals surface area contributed by atoms with E-state index in [1.54, 1.807) is 18.2 Å². The topological polar surface area (TPSA) is 93.0 Å². The van der Waals surface area contributed by atoms with Gasteiger partial charge in [-0.1, -0.05) is 12.1 Å². The van der Waals surface area contributed by atoms with Crippen molar-refractivity contribution in [1.29, 1.82) is 0 Å². The van der Waals surface area contributed by atoms with E-state index >= 15 is 0 Å². The van der Waals surface area contributed by atoms with Gasteiger partial charge in [0.25, 0.3) is 0 Å². The minimum absolute atomic E-state index is 0.00271. The molecular weight excluding hydrogens is 370 g/mol. The number of nitro groups is 1. The largest absolute Gasteiger partial charge is 0.450 e. The molecule has 1 aliphatic rings. The Kier molecular flexibility index (Phi) is 5.45. The molecule has 8 nitrogen and oxygen atoms in total. The summed E-state index contributed by atoms with van der Waals surface area (Å²) in [5.41, 5.74) is 0.566. The quantitative estimate of drug-likeness (QED) is 0.575. The van der Waals surface area contributed by atoms with Crippen molar-refractivity contribution in [2.75, 3.05) is 33.2 Å². The fourth-order valence-electron chi connectivity index (χ4n) is 2.87. The van der Waals surface area contributed by atoms with Crippen LogP contribution in [0.25, 0.3) is 0 Å². The van der Waals surface area contributed by atoms with Gasteiger partial charge in [0, 0.05) is 32.2 Å². The standard InChI is InChI=1S/C18H21N3O5S/c1-14-4-3-5-15(12-14)26-18-7-6-16(13-17(18)21(22)23)27(24,25)20-10-8-19(2)9-11-20/h3-7,12-13H,8-11H2,1-2H3. The van der Waals surface area contributed by atoms with E-state index in [0.29, 0.717) is 31.9 Å². The lowest BCUT2D eigenvalue weighted by molar-refractivity contribution is -0.385. The summed E-state index contributed by atoms with van der Waals surface area (Å²) < 4.78 is 32.6. The maximum atomic E-state index is 12.8. The molecule has 0 bridgehead atoms. The van der Waals surface area contributed by atoms with E-state index in [2.05, 4.69) is 0 Å². The van der Waals surface area contributed by atoms with Gasteiger partial charge in [0.05, 0.1) is 9.82 Å². The van der Waals surface area contributed by atoms with Crippen LogP contribution in [0.2, 0.25) is 0 Å². The van der Waals surface area contributed by atoms with Gasteiger partial charge < -0.3 is 9.64 Å². The molecule has 2 aromatic carbocycles. The third kappa shape index (κ3) is 4.26. The van der Waals surface area contributed by atoms with E-state index in [4.69, 9.17) is 4.74 Å². The zero-order valence-electron chi connectivity index (χ0n) is 15.2. The highest BCUT2D eigenvalue weighted by atomic mass is 32.2. The van der Waals surface area contributed by atoms with E-state index in [-0.39, 0.29) is 16.3 Å². The molecule has 0 amide bonds. The van der Waals surface area contributed by atoms with Crippen LogP contribution in [0, 0.1) is 17.0 Å². The highest BCUT2D eigenvalue weighted by Crippen LogP contribution is 2.34. The van der Waals surface area contributed by atoms with Crippen LogP contribution >= 0.6 is 0 Å². The van der Waals surface area contributed by atoms with E-state index in [1.165, 1.54) is 16.4 Å². The maximum Gasteiger partial charge on any atom is 0.312 e. The van der Waals surface area contributed by atoms with Gasteiger partial charge >= 0.3 is 5.69 Å². The summed E-state index contributed by atoms with van der Waals surface area (Å²) >= 11 is 0. The van der Waals surface area contributed by atoms with Crippen molar-refractivity contribution >= 4 is 15.7 Å². The van der Waals surface area contributed by atoms with Gasteiger partial charge in [-0.2, -0.15) is 4.31 Å². The summed E-state index contributed by atoms with van der Waals surface area (Å²) in [5.74, 6) is 0.454. The van der Waals surface area contributed by atoms with Gasteiger partial charge in [-0.15, -0.1) is 0 Å². The van der Waals surface area contributed by atoms with Crippen LogP contribution in [0.5, 0.6) is 11.5 Å². The van der Waals surface area contributed by atoms with Crippen molar-refractivity contribution in [3.8, 4) is 11.5 Å². The SMILES string of the molecule is Cc1cccc(Oc2ccc(S(=O)(=O)N3CCN(C)CC3)cc2[N+](=O)[O-])c1. The third-order valence-corrected chi connectivity index (χ3v) is 6.34. The molecule has 2 aromatic rings. The first-order valence-electron chi connectivity index (χ1n) is 8.49. The van der Waals surface area contributed by atoms with Gasteiger partial charge in [0.1, 0.15) is 5.75 Å². The molecule has 0 atom stereocenters. The molecule has 27 heavy (non-hydrogen) atoms. The Morgan fingerprint density at radius 2 is 1.78 bits per heavy atom. The Morgan fingerprint density at radius 3 is 2.41 bits per heavy atom. The first-order valence-corrected chi connectivity index (χ1v) is 9.93. The number of nitrogens with zero attached hydrogens (tertiary/aromatic N) is 3. The second-order valence-corrected chi connectivity index (χ2v) is 8.45. The summed E-state index contributed by atoms with van der Waals surface area (Å²) in [6.45, 7) is 3.83. The van der Waals surface area contributed by atoms with E-state index in [9.17, 15) is 18.5 Å². The predicted molar refractivity (Wildman–Crippen MR) is 101 cm³/mol. The number of rotatable bonds is 5. The van der Waals surface area contributed by atoms with Crippen molar-refractivity contribution in [1.82, 2.24) is 9.21 Å². The number of ether oxygens (including phenoxy) is 1. The second-order valence-electron chi connectivity index (χ2n) is 6.51. The molecule has 1 saturated heterocycles. The molecule has 0 N–H and O–H groups in total. The Bertz CT molecular complexity index is 953. The minimum atomic E-state index is -3.79. The summed E-state index contributed by atoms with van der Waals surface area (Å²) in [6.07, 6.45) is 0. The monoisotopic (exact) mass is 391 g/mol. The lowest BCUT2D eigenvalue weighted by Gasteiger charge is -2.31. The number of likely N-dealkylation sites (N-methyl/N-ethyl adjacent to an activating group) is 1. The molecule has 1 fully saturated rings. The molecule has 0 spiro atoms. The van der Waals surface area contributed by atoms with Crippen molar-refractivity contribution in [3.63, 3.8) is 0 Å². The van der Waals surface area contributed by atoms with Gasteiger partial charge in [-0.25, -0.2) is 8.42 Å². The zero-order chi connectivity index (χ0) is 19.6. The molecule has 0 radical (unpaired) electrons. The lowest BCUT2D eigenvalue weighted by atomic mass is 10.2. The Hall–Kier alpha value is -2.49. The summed E-state index contributed by atoms with van der Waals surface area (Å²) in [7, 11) is -1.87. The van der Waals surface area contributed by atoms with Crippen molar-refractivity contribution in [2.24, 2.45) is 0 Å². The van der Waals surface area contributed by atoms with Crippen LogP contribution in [0.4, 0.5) is 5.69 Å². The predicted octanol–water partition coefficient (Wildman–Crippen LogP) is 2.63. The van der Waals surface area contributed by atoms with E-state index in [0.717, 1.165) is 11.6 Å². The number of nitro benzene ring substituents is 1. The normalized spacial score (nSPS) is 16.2. The smallest absolute Gasteiger partial charge is 0.312 e. The molecule has 0 aliphatic carbocycles. The number of hydrogen-bond donors (Lipinski definition) is 0. The molecule has 0 unspecified atom stereocenters. The molecule has 0 aromatic heterocycles. The first-order chi connectivity index (χ1) is 12.8. The van der Waals surface area contributed by atoms with Crippen LogP contribution in [-0.4, -0.2) is 55.8 Å². The van der Waals surface area contributed by atoms with Crippen molar-refractivity contribution < 1.29 is 18.1 Å². The first kappa shape index (κ1) is 19.3. The number of piperazine rings is 1. The highest BCUT2D eigenvalue weighted by molar-refractivity contribution is 7.89. The van der Waals surface area contributed by atoms with E-state index in [1.807, 2.05) is 24.9 Å². The highest BCUT2D eigenvalue weighted by Gasteiger charge is 2.30. The number of benzene rings is 2. The van der Waals surface area contributed by atoms with Crippen LogP contribution in [0.1, 0.15) is 5.56 Å². The Labute approximate surface area is 158 Å². The number of aryl methyl sites for hydroxylation is 1.